The van der Waals surface area contributed by atoms with Crippen LogP contribution in [0.25, 0.3) is 0 Å². The van der Waals surface area contributed by atoms with E-state index < -0.39 is 12.1 Å². The van der Waals surface area contributed by atoms with Gasteiger partial charge in [-0.1, -0.05) is 282 Å². The first-order chi connectivity index (χ1) is 33.0. The average Bonchev–Trinajstić information content (AvgIpc) is 3.33. The van der Waals surface area contributed by atoms with Gasteiger partial charge in [-0.2, -0.15) is 0 Å². The Morgan fingerprint density at radius 1 is 0.403 bits per heavy atom. The maximum atomic E-state index is 12.5. The molecule has 0 aromatic heterocycles. The number of hydrogen-bond donors (Lipinski definition) is 3. The quantitative estimate of drug-likeness (QED) is 0.0321. The van der Waals surface area contributed by atoms with E-state index in [4.69, 9.17) is 4.74 Å². The van der Waals surface area contributed by atoms with Gasteiger partial charge < -0.3 is 20.3 Å². The van der Waals surface area contributed by atoms with Crippen LogP contribution in [0.2, 0.25) is 0 Å². The van der Waals surface area contributed by atoms with Gasteiger partial charge in [-0.15, -0.1) is 0 Å². The Morgan fingerprint density at radius 2 is 0.701 bits per heavy atom. The number of amides is 1. The Bertz CT molecular complexity index is 1040. The summed E-state index contributed by atoms with van der Waals surface area (Å²) in [4.78, 5) is 24.5. The number of ether oxygens (including phenoxy) is 1. The van der Waals surface area contributed by atoms with Crippen molar-refractivity contribution in [3.05, 3.63) is 24.3 Å². The summed E-state index contributed by atoms with van der Waals surface area (Å²) < 4.78 is 5.47. The van der Waals surface area contributed by atoms with E-state index in [1.165, 1.54) is 231 Å². The van der Waals surface area contributed by atoms with Gasteiger partial charge >= 0.3 is 5.97 Å². The summed E-state index contributed by atoms with van der Waals surface area (Å²) in [6.45, 7) is 4.89. The second-order valence-electron chi connectivity index (χ2n) is 20.7. The molecule has 0 rings (SSSR count). The van der Waals surface area contributed by atoms with Crippen molar-refractivity contribution in [1.82, 2.24) is 5.32 Å². The maximum absolute atomic E-state index is 12.5. The fraction of sp³-hybridized carbons (Fsp3) is 0.902. The van der Waals surface area contributed by atoms with Gasteiger partial charge in [0.1, 0.15) is 0 Å². The standard InChI is InChI=1S/C61H117NO5/c1-3-5-7-9-11-13-15-17-19-21-22-23-25-29-33-37-41-45-49-53-59(64)58(57-63)62-60(65)54-50-46-42-38-34-30-26-24-28-32-36-40-44-48-52-56-67-61(66)55-51-47-43-39-35-31-27-20-18-16-14-12-10-8-6-4-2/h28,32,49,53,58-59,63-64H,3-27,29-31,33-48,50-52,54-57H2,1-2H3,(H,62,65)/b32-28-,53-49+. The van der Waals surface area contributed by atoms with E-state index in [1.54, 1.807) is 6.08 Å². The van der Waals surface area contributed by atoms with E-state index in [2.05, 4.69) is 31.3 Å². The van der Waals surface area contributed by atoms with Crippen LogP contribution < -0.4 is 5.32 Å². The van der Waals surface area contributed by atoms with Gasteiger partial charge in [-0.25, -0.2) is 0 Å². The van der Waals surface area contributed by atoms with Crippen LogP contribution in [0.5, 0.6) is 0 Å². The topological polar surface area (TPSA) is 95.9 Å². The van der Waals surface area contributed by atoms with Crippen LogP contribution in [0.15, 0.2) is 24.3 Å². The van der Waals surface area contributed by atoms with Gasteiger partial charge in [0, 0.05) is 12.8 Å². The van der Waals surface area contributed by atoms with Crippen LogP contribution in [-0.4, -0.2) is 47.4 Å². The predicted octanol–water partition coefficient (Wildman–Crippen LogP) is 18.6. The van der Waals surface area contributed by atoms with Crippen LogP contribution >= 0.6 is 0 Å². The first-order valence-electron chi connectivity index (χ1n) is 30.1. The van der Waals surface area contributed by atoms with Crippen LogP contribution in [0.3, 0.4) is 0 Å². The predicted molar refractivity (Wildman–Crippen MR) is 292 cm³/mol. The first kappa shape index (κ1) is 65.3. The van der Waals surface area contributed by atoms with Crippen molar-refractivity contribution >= 4 is 11.9 Å². The van der Waals surface area contributed by atoms with E-state index in [-0.39, 0.29) is 18.5 Å². The smallest absolute Gasteiger partial charge is 0.305 e. The van der Waals surface area contributed by atoms with E-state index in [0.717, 1.165) is 70.6 Å². The molecule has 2 unspecified atom stereocenters. The van der Waals surface area contributed by atoms with Crippen molar-refractivity contribution in [1.29, 1.82) is 0 Å². The molecule has 0 aliphatic heterocycles. The number of aliphatic hydroxyl groups excluding tert-OH is 2. The van der Waals surface area contributed by atoms with Crippen LogP contribution in [0, 0.1) is 0 Å². The molecule has 6 heteroatoms. The van der Waals surface area contributed by atoms with E-state index in [1.807, 2.05) is 6.08 Å². The second-order valence-corrected chi connectivity index (χ2v) is 20.7. The number of esters is 1. The molecule has 0 aliphatic carbocycles. The third-order valence-electron chi connectivity index (χ3n) is 14.0. The van der Waals surface area contributed by atoms with Crippen molar-refractivity contribution in [2.45, 2.75) is 341 Å². The lowest BCUT2D eigenvalue weighted by atomic mass is 10.0. The maximum Gasteiger partial charge on any atom is 0.305 e. The molecule has 0 aromatic carbocycles. The zero-order valence-electron chi connectivity index (χ0n) is 45.1. The number of allylic oxidation sites excluding steroid dienone is 3. The number of rotatable bonds is 56. The SMILES string of the molecule is CCCCCCCCCCCCCCCCCCC/C=C/C(O)C(CO)NC(=O)CCCCCCCCC/C=C\CCCCCCOC(=O)CCCCCCCCCCCCCCCCCC. The molecule has 0 spiro atoms. The summed E-state index contributed by atoms with van der Waals surface area (Å²) >= 11 is 0. The lowest BCUT2D eigenvalue weighted by molar-refractivity contribution is -0.143. The minimum absolute atomic E-state index is 0.00731. The lowest BCUT2D eigenvalue weighted by Gasteiger charge is -2.20. The van der Waals surface area contributed by atoms with Crippen molar-refractivity contribution in [3.63, 3.8) is 0 Å². The number of unbranched alkanes of at least 4 members (excludes halogenated alkanes) is 43. The third-order valence-corrected chi connectivity index (χ3v) is 14.0. The molecule has 6 nitrogen and oxygen atoms in total. The monoisotopic (exact) mass is 944 g/mol. The zero-order valence-corrected chi connectivity index (χ0v) is 45.1. The molecule has 3 N–H and O–H groups in total. The number of carbonyl (C=O) groups is 2. The van der Waals surface area contributed by atoms with Gasteiger partial charge in [0.2, 0.25) is 5.91 Å². The summed E-state index contributed by atoms with van der Waals surface area (Å²) in [5, 5.41) is 23.2. The Kier molecular flexibility index (Phi) is 55.5. The first-order valence-corrected chi connectivity index (χ1v) is 30.1. The van der Waals surface area contributed by atoms with Crippen molar-refractivity contribution < 1.29 is 24.5 Å². The third kappa shape index (κ3) is 53.5. The normalized spacial score (nSPS) is 12.7. The minimum Gasteiger partial charge on any atom is -0.466 e. The minimum atomic E-state index is -0.855. The fourth-order valence-electron chi connectivity index (χ4n) is 9.34. The van der Waals surface area contributed by atoms with Gasteiger partial charge in [0.15, 0.2) is 0 Å². The van der Waals surface area contributed by atoms with E-state index >= 15 is 0 Å². The molecular formula is C61H117NO5. The number of hydrogen-bond acceptors (Lipinski definition) is 5. The highest BCUT2D eigenvalue weighted by Crippen LogP contribution is 2.17. The summed E-state index contributed by atoms with van der Waals surface area (Å²) in [5.41, 5.74) is 0. The summed E-state index contributed by atoms with van der Waals surface area (Å²) in [6, 6.07) is -0.639. The van der Waals surface area contributed by atoms with Crippen molar-refractivity contribution in [2.24, 2.45) is 0 Å². The van der Waals surface area contributed by atoms with E-state index in [9.17, 15) is 19.8 Å². The molecule has 0 heterocycles. The molecule has 1 amide bonds. The van der Waals surface area contributed by atoms with Gasteiger partial charge in [-0.3, -0.25) is 9.59 Å². The fourth-order valence-corrected chi connectivity index (χ4v) is 9.34. The highest BCUT2D eigenvalue weighted by atomic mass is 16.5. The number of aliphatic hydroxyl groups is 2. The average molecular weight is 945 g/mol. The molecule has 0 aromatic rings. The highest BCUT2D eigenvalue weighted by molar-refractivity contribution is 5.76. The van der Waals surface area contributed by atoms with Crippen molar-refractivity contribution in [2.75, 3.05) is 13.2 Å². The van der Waals surface area contributed by atoms with Crippen LogP contribution in [0.1, 0.15) is 328 Å². The summed E-state index contributed by atoms with van der Waals surface area (Å²) in [6.07, 6.45) is 69.2. The van der Waals surface area contributed by atoms with Crippen LogP contribution in [-0.2, 0) is 14.3 Å². The molecule has 0 saturated heterocycles. The van der Waals surface area contributed by atoms with E-state index in [0.29, 0.717) is 19.4 Å². The number of carbonyl (C=O) groups excluding carboxylic acids is 2. The Morgan fingerprint density at radius 3 is 1.06 bits per heavy atom. The molecule has 0 fully saturated rings. The molecule has 396 valence electrons. The zero-order chi connectivity index (χ0) is 48.6. The second kappa shape index (κ2) is 56.9. The Hall–Kier alpha value is -1.66. The largest absolute Gasteiger partial charge is 0.466 e. The summed E-state index contributed by atoms with van der Waals surface area (Å²) in [7, 11) is 0. The van der Waals surface area contributed by atoms with Crippen molar-refractivity contribution in [3.8, 4) is 0 Å². The lowest BCUT2D eigenvalue weighted by Crippen LogP contribution is -2.45. The highest BCUT2D eigenvalue weighted by Gasteiger charge is 2.18. The molecule has 0 radical (unpaired) electrons. The molecule has 67 heavy (non-hydrogen) atoms. The molecule has 0 saturated carbocycles. The molecule has 0 bridgehead atoms. The molecule has 0 aliphatic rings. The molecular weight excluding hydrogens is 827 g/mol. The van der Waals surface area contributed by atoms with Crippen LogP contribution in [0.4, 0.5) is 0 Å². The number of nitrogens with one attached hydrogen (secondary N) is 1. The Balaban J connectivity index is 3.49. The van der Waals surface area contributed by atoms with Gasteiger partial charge in [-0.05, 0) is 57.8 Å². The Labute approximate surface area is 418 Å². The van der Waals surface area contributed by atoms with Gasteiger partial charge in [0.25, 0.3) is 0 Å². The summed E-state index contributed by atoms with van der Waals surface area (Å²) in [5.74, 6) is -0.0879. The van der Waals surface area contributed by atoms with Gasteiger partial charge in [0.05, 0.1) is 25.4 Å². The molecule has 2 atom stereocenters.